The lowest BCUT2D eigenvalue weighted by Crippen LogP contribution is -2.18. The van der Waals surface area contributed by atoms with Crippen LogP contribution < -0.4 is 4.90 Å². The molecule has 79 heavy (non-hydrogen) atoms. The Morgan fingerprint density at radius 3 is 1.61 bits per heavy atom. The molecule has 0 unspecified atom stereocenters. The van der Waals surface area contributed by atoms with E-state index in [1.807, 2.05) is 0 Å². The van der Waals surface area contributed by atoms with Crippen molar-refractivity contribution in [1.29, 1.82) is 0 Å². The molecule has 376 valence electrons. The Labute approximate surface area is 458 Å². The number of aromatic nitrogens is 1. The van der Waals surface area contributed by atoms with E-state index in [4.69, 9.17) is 8.83 Å². The fourth-order valence-electron chi connectivity index (χ4n) is 14.9. The Morgan fingerprint density at radius 1 is 0.329 bits per heavy atom. The van der Waals surface area contributed by atoms with E-state index in [1.165, 1.54) is 99.2 Å². The number of furan rings is 2. The van der Waals surface area contributed by atoms with Gasteiger partial charge in [0.05, 0.1) is 11.0 Å². The Morgan fingerprint density at radius 2 is 0.848 bits per heavy atom. The highest BCUT2D eigenvalue weighted by atomic mass is 16.3. The van der Waals surface area contributed by atoms with Crippen LogP contribution in [0.5, 0.6) is 0 Å². The molecule has 0 saturated heterocycles. The molecule has 4 heteroatoms. The van der Waals surface area contributed by atoms with Gasteiger partial charge in [0.25, 0.3) is 0 Å². The van der Waals surface area contributed by atoms with E-state index in [1.54, 1.807) is 0 Å². The Bertz CT molecular complexity index is 4980. The lowest BCUT2D eigenvalue weighted by Gasteiger charge is -2.30. The van der Waals surface area contributed by atoms with Crippen LogP contribution in [0.25, 0.3) is 116 Å². The first-order valence-electron chi connectivity index (χ1n) is 27.8. The van der Waals surface area contributed by atoms with E-state index >= 15 is 0 Å². The minimum atomic E-state index is -0.338. The van der Waals surface area contributed by atoms with Gasteiger partial charge >= 0.3 is 0 Å². The average molecular weight is 1020 g/mol. The van der Waals surface area contributed by atoms with Gasteiger partial charge in [-0.3, -0.25) is 0 Å². The van der Waals surface area contributed by atoms with Crippen molar-refractivity contribution in [3.63, 3.8) is 0 Å². The van der Waals surface area contributed by atoms with Crippen LogP contribution in [0, 0.1) is 0 Å². The number of nitrogens with zero attached hydrogens (tertiary/aromatic N) is 2. The lowest BCUT2D eigenvalue weighted by molar-refractivity contribution is 0.651. The van der Waals surface area contributed by atoms with Crippen LogP contribution in [0.1, 0.15) is 74.9 Å². The third-order valence-corrected chi connectivity index (χ3v) is 18.8. The van der Waals surface area contributed by atoms with Crippen molar-refractivity contribution < 1.29 is 8.83 Å². The molecule has 3 heterocycles. The molecule has 17 rings (SSSR count). The summed E-state index contributed by atoms with van der Waals surface area (Å²) in [6.07, 6.45) is 0. The number of fused-ring (bicyclic) bond motifs is 20. The highest BCUT2D eigenvalue weighted by Crippen LogP contribution is 2.60. The maximum absolute atomic E-state index is 6.86. The number of hydrogen-bond acceptors (Lipinski definition) is 3. The van der Waals surface area contributed by atoms with Gasteiger partial charge < -0.3 is 18.3 Å². The maximum Gasteiger partial charge on any atom is 0.143 e. The van der Waals surface area contributed by atoms with Crippen LogP contribution in [0.15, 0.2) is 227 Å². The summed E-state index contributed by atoms with van der Waals surface area (Å²) in [6.45, 7) is 14.5. The predicted octanol–water partition coefficient (Wildman–Crippen LogP) is 20.6. The molecule has 0 fully saturated rings. The predicted molar refractivity (Wildman–Crippen MR) is 328 cm³/mol. The van der Waals surface area contributed by atoms with Crippen LogP contribution in [-0.2, 0) is 16.2 Å². The summed E-state index contributed by atoms with van der Waals surface area (Å²) in [5.41, 5.74) is 27.8. The molecular formula is C75H54N2O2. The van der Waals surface area contributed by atoms with E-state index in [0.29, 0.717) is 0 Å². The minimum absolute atomic E-state index is 0.197. The zero-order valence-corrected chi connectivity index (χ0v) is 45.0. The fraction of sp³-hybridized carbons (Fsp3) is 0.120. The van der Waals surface area contributed by atoms with Gasteiger partial charge in [-0.15, -0.1) is 0 Å². The van der Waals surface area contributed by atoms with Gasteiger partial charge in [0.2, 0.25) is 0 Å². The van der Waals surface area contributed by atoms with Gasteiger partial charge in [0, 0.05) is 76.9 Å². The zero-order valence-electron chi connectivity index (χ0n) is 45.0. The minimum Gasteiger partial charge on any atom is -0.456 e. The van der Waals surface area contributed by atoms with Crippen molar-refractivity contribution in [2.75, 3.05) is 4.90 Å². The molecule has 0 saturated carbocycles. The molecule has 3 aliphatic carbocycles. The molecule has 3 aliphatic rings. The van der Waals surface area contributed by atoms with Gasteiger partial charge in [-0.2, -0.15) is 0 Å². The van der Waals surface area contributed by atoms with Gasteiger partial charge in [-0.25, -0.2) is 0 Å². The van der Waals surface area contributed by atoms with Crippen LogP contribution >= 0.6 is 0 Å². The molecule has 3 aromatic heterocycles. The van der Waals surface area contributed by atoms with Gasteiger partial charge in [-0.1, -0.05) is 169 Å². The highest BCUT2D eigenvalue weighted by Gasteiger charge is 2.44. The lowest BCUT2D eigenvalue weighted by atomic mass is 9.79. The third kappa shape index (κ3) is 5.88. The van der Waals surface area contributed by atoms with E-state index < -0.39 is 0 Å². The van der Waals surface area contributed by atoms with E-state index in [0.717, 1.165) is 67.1 Å². The first-order valence-corrected chi connectivity index (χ1v) is 27.8. The van der Waals surface area contributed by atoms with Crippen molar-refractivity contribution in [2.45, 2.75) is 57.8 Å². The molecule has 4 nitrogen and oxygen atoms in total. The summed E-state index contributed by atoms with van der Waals surface area (Å²) in [4.78, 5) is 2.52. The second kappa shape index (κ2) is 15.4. The number of anilines is 3. The standard InChI is InChI=1S/C75H54N2O2/c1-73(2)57-35-36-67-70(52-24-14-17-27-65(52)78-67)69(57)56-42-60-55(41-61(56)73)48-32-29-45(37-58(48)74(60,3)4)76(47-30-33-50-49-23-13-16-26-63(49)77(64(50)39-47)44-21-11-8-12-22-44)46-31-34-51-59(38-46)75(5,6)62-40-54(43-19-9-7-10-20-43)72-71(68(51)62)53-25-15-18-28-66(53)79-72/h7-42H,1-6H3. The largest absolute Gasteiger partial charge is 0.456 e. The normalized spacial score (nSPS) is 15.0. The van der Waals surface area contributed by atoms with Gasteiger partial charge in [0.15, 0.2) is 0 Å². The molecule has 0 amide bonds. The number of rotatable bonds is 5. The molecule has 0 spiro atoms. The number of hydrogen-bond donors (Lipinski definition) is 0. The van der Waals surface area contributed by atoms with Crippen molar-refractivity contribution >= 4 is 82.7 Å². The first-order chi connectivity index (χ1) is 38.4. The highest BCUT2D eigenvalue weighted by molar-refractivity contribution is 6.19. The summed E-state index contributed by atoms with van der Waals surface area (Å²) >= 11 is 0. The Balaban J connectivity index is 0.878. The van der Waals surface area contributed by atoms with Gasteiger partial charge in [0.1, 0.15) is 22.3 Å². The molecule has 0 bridgehead atoms. The Kier molecular flexibility index (Phi) is 8.73. The Hall–Kier alpha value is -9.38. The monoisotopic (exact) mass is 1010 g/mol. The molecule has 0 atom stereocenters. The second-order valence-corrected chi connectivity index (χ2v) is 24.0. The van der Waals surface area contributed by atoms with E-state index in [-0.39, 0.29) is 16.2 Å². The summed E-state index contributed by atoms with van der Waals surface area (Å²) in [5.74, 6) is 0. The summed E-state index contributed by atoms with van der Waals surface area (Å²) in [5, 5.41) is 7.18. The van der Waals surface area contributed by atoms with Crippen molar-refractivity contribution in [3.05, 3.63) is 252 Å². The molecule has 14 aromatic rings. The van der Waals surface area contributed by atoms with Crippen molar-refractivity contribution in [2.24, 2.45) is 0 Å². The van der Waals surface area contributed by atoms with Crippen LogP contribution in [0.4, 0.5) is 17.1 Å². The topological polar surface area (TPSA) is 34.5 Å². The van der Waals surface area contributed by atoms with Crippen molar-refractivity contribution in [3.8, 4) is 50.2 Å². The average Bonchev–Trinajstić information content (AvgIpc) is 4.48. The zero-order chi connectivity index (χ0) is 52.8. The third-order valence-electron chi connectivity index (χ3n) is 18.8. The van der Waals surface area contributed by atoms with Crippen LogP contribution in [0.3, 0.4) is 0 Å². The summed E-state index contributed by atoms with van der Waals surface area (Å²) < 4.78 is 15.8. The van der Waals surface area contributed by atoms with Crippen molar-refractivity contribution in [1.82, 2.24) is 4.57 Å². The quantitative estimate of drug-likeness (QED) is 0.172. The van der Waals surface area contributed by atoms with E-state index in [2.05, 4.69) is 269 Å². The molecular weight excluding hydrogens is 961 g/mol. The molecule has 0 aliphatic heterocycles. The summed E-state index contributed by atoms with van der Waals surface area (Å²) in [7, 11) is 0. The van der Waals surface area contributed by atoms with Gasteiger partial charge in [-0.05, 0) is 163 Å². The number of para-hydroxylation sites is 4. The fourth-order valence-corrected chi connectivity index (χ4v) is 14.9. The second-order valence-electron chi connectivity index (χ2n) is 24.0. The molecule has 0 N–H and O–H groups in total. The molecule has 0 radical (unpaired) electrons. The first kappa shape index (κ1) is 44.7. The van der Waals surface area contributed by atoms with E-state index in [9.17, 15) is 0 Å². The number of benzene rings is 11. The SMILES string of the molecule is CC1(C)c2cc(N(c3ccc4c(c3)C(C)(C)c3cc(-c5ccccc5)c5oc6ccccc6c5c3-4)c3ccc4c5ccccc5n(-c5ccccc5)c4c3)ccc2-c2cc3c(cc21)-c1c(ccc2oc4ccccc4c12)C3(C)C. The van der Waals surface area contributed by atoms with Crippen LogP contribution in [0.2, 0.25) is 0 Å². The molecule has 11 aromatic carbocycles. The smallest absolute Gasteiger partial charge is 0.143 e. The summed E-state index contributed by atoms with van der Waals surface area (Å²) in [6, 6.07) is 81.0. The maximum atomic E-state index is 6.86. The van der Waals surface area contributed by atoms with Crippen LogP contribution in [-0.4, -0.2) is 4.57 Å².